The maximum atomic E-state index is 12.7. The molecule has 3 amide bonds. The van der Waals surface area contributed by atoms with Crippen molar-refractivity contribution in [3.8, 4) is 17.1 Å². The Kier molecular flexibility index (Phi) is 6.51. The number of imide groups is 1. The fourth-order valence-electron chi connectivity index (χ4n) is 3.24. The smallest absolute Gasteiger partial charge is 0.335 e. The molecule has 0 spiro atoms. The Morgan fingerprint density at radius 3 is 2.68 bits per heavy atom. The van der Waals surface area contributed by atoms with Crippen LogP contribution >= 0.6 is 11.8 Å². The van der Waals surface area contributed by atoms with Crippen LogP contribution in [0.4, 0.5) is 10.5 Å². The van der Waals surface area contributed by atoms with Gasteiger partial charge in [0.1, 0.15) is 23.8 Å². The molecule has 0 unspecified atom stereocenters. The fraction of sp³-hybridized carbons (Fsp3) is 0.0833. The van der Waals surface area contributed by atoms with Crippen LogP contribution in [0.15, 0.2) is 70.0 Å². The molecular formula is C24H18N2O7S. The van der Waals surface area contributed by atoms with Crippen molar-refractivity contribution in [2.24, 2.45) is 0 Å². The molecule has 2 N–H and O–H groups in total. The highest BCUT2D eigenvalue weighted by atomic mass is 32.2. The van der Waals surface area contributed by atoms with E-state index in [4.69, 9.17) is 14.3 Å². The lowest BCUT2D eigenvalue weighted by Gasteiger charge is -2.14. The van der Waals surface area contributed by atoms with E-state index in [1.807, 2.05) is 0 Å². The zero-order valence-electron chi connectivity index (χ0n) is 17.8. The van der Waals surface area contributed by atoms with E-state index in [1.165, 1.54) is 25.3 Å². The maximum Gasteiger partial charge on any atom is 0.335 e. The zero-order valence-corrected chi connectivity index (χ0v) is 18.6. The predicted molar refractivity (Wildman–Crippen MR) is 125 cm³/mol. The summed E-state index contributed by atoms with van der Waals surface area (Å²) in [6.45, 7) is -0.453. The van der Waals surface area contributed by atoms with Crippen LogP contribution in [0.3, 0.4) is 0 Å². The SMILES string of the molecule is COc1ccccc1NC(=O)CN1C(=O)S/C(=C/c2ccc(-c3cccc(C(=O)O)c3)o2)C1=O. The summed E-state index contributed by atoms with van der Waals surface area (Å²) in [4.78, 5) is 49.7. The van der Waals surface area contributed by atoms with Gasteiger partial charge in [0.2, 0.25) is 5.91 Å². The van der Waals surface area contributed by atoms with Gasteiger partial charge in [0.25, 0.3) is 11.1 Å². The van der Waals surface area contributed by atoms with E-state index < -0.39 is 29.6 Å². The highest BCUT2D eigenvalue weighted by Gasteiger charge is 2.36. The molecule has 9 nitrogen and oxygen atoms in total. The average molecular weight is 478 g/mol. The van der Waals surface area contributed by atoms with Gasteiger partial charge in [0, 0.05) is 11.6 Å². The third kappa shape index (κ3) is 4.86. The van der Waals surface area contributed by atoms with Crippen LogP contribution in [0.1, 0.15) is 16.1 Å². The molecule has 2 aromatic carbocycles. The number of carboxylic acids is 1. The number of aromatic carboxylic acids is 1. The Balaban J connectivity index is 1.46. The second-order valence-electron chi connectivity index (χ2n) is 7.10. The maximum absolute atomic E-state index is 12.7. The van der Waals surface area contributed by atoms with Crippen LogP contribution in [0, 0.1) is 0 Å². The van der Waals surface area contributed by atoms with Crippen molar-refractivity contribution in [3.63, 3.8) is 0 Å². The normalized spacial score (nSPS) is 14.5. The quantitative estimate of drug-likeness (QED) is 0.481. The van der Waals surface area contributed by atoms with Crippen molar-refractivity contribution in [3.05, 3.63) is 76.9 Å². The number of methoxy groups -OCH3 is 1. The number of hydrogen-bond donors (Lipinski definition) is 2. The van der Waals surface area contributed by atoms with E-state index in [0.29, 0.717) is 40.3 Å². The van der Waals surface area contributed by atoms with E-state index in [9.17, 15) is 19.2 Å². The van der Waals surface area contributed by atoms with Gasteiger partial charge in [-0.05, 0) is 48.2 Å². The number of nitrogens with one attached hydrogen (secondary N) is 1. The second-order valence-corrected chi connectivity index (χ2v) is 8.10. The van der Waals surface area contributed by atoms with Gasteiger partial charge in [-0.3, -0.25) is 19.3 Å². The number of thioether (sulfide) groups is 1. The van der Waals surface area contributed by atoms with Crippen LogP contribution < -0.4 is 10.1 Å². The van der Waals surface area contributed by atoms with Gasteiger partial charge in [0.05, 0.1) is 23.3 Å². The lowest BCUT2D eigenvalue weighted by molar-refractivity contribution is -0.127. The van der Waals surface area contributed by atoms with Gasteiger partial charge in [-0.15, -0.1) is 0 Å². The number of furan rings is 1. The molecule has 0 saturated carbocycles. The number of amides is 3. The summed E-state index contributed by atoms with van der Waals surface area (Å²) in [6, 6.07) is 16.3. The van der Waals surface area contributed by atoms with Crippen LogP contribution in [0.5, 0.6) is 5.75 Å². The molecule has 1 aliphatic heterocycles. The highest BCUT2D eigenvalue weighted by Crippen LogP contribution is 2.33. The molecule has 1 aromatic heterocycles. The summed E-state index contributed by atoms with van der Waals surface area (Å²) < 4.78 is 10.9. The molecule has 1 fully saturated rings. The van der Waals surface area contributed by atoms with Gasteiger partial charge < -0.3 is 19.6 Å². The molecule has 172 valence electrons. The fourth-order valence-corrected chi connectivity index (χ4v) is 4.06. The van der Waals surface area contributed by atoms with Crippen LogP contribution in [-0.4, -0.2) is 46.7 Å². The summed E-state index contributed by atoms with van der Waals surface area (Å²) >= 11 is 0.700. The monoisotopic (exact) mass is 478 g/mol. The Hall–Kier alpha value is -4.31. The first-order valence-electron chi connectivity index (χ1n) is 9.97. The Labute approximate surface area is 198 Å². The second kappa shape index (κ2) is 9.67. The van der Waals surface area contributed by atoms with Gasteiger partial charge in [0.15, 0.2) is 0 Å². The van der Waals surface area contributed by atoms with Crippen LogP contribution in [0.2, 0.25) is 0 Å². The molecule has 0 atom stereocenters. The first-order valence-corrected chi connectivity index (χ1v) is 10.8. The number of anilines is 1. The number of benzene rings is 2. The summed E-state index contributed by atoms with van der Waals surface area (Å²) in [6.07, 6.45) is 1.41. The molecule has 1 saturated heterocycles. The average Bonchev–Trinajstić information content (AvgIpc) is 3.40. The summed E-state index contributed by atoms with van der Waals surface area (Å²) in [5.41, 5.74) is 1.09. The van der Waals surface area contributed by atoms with E-state index >= 15 is 0 Å². The Morgan fingerprint density at radius 1 is 1.12 bits per heavy atom. The standard InChI is InChI=1S/C24H18N2O7S/c1-32-19-8-3-2-7-17(19)25-21(27)13-26-22(28)20(34-24(26)31)12-16-9-10-18(33-16)14-5-4-6-15(11-14)23(29)30/h2-12H,13H2,1H3,(H,25,27)(H,29,30)/b20-12+. The lowest BCUT2D eigenvalue weighted by atomic mass is 10.1. The first-order chi connectivity index (χ1) is 16.4. The minimum Gasteiger partial charge on any atom is -0.495 e. The minimum atomic E-state index is -1.06. The molecule has 3 aromatic rings. The van der Waals surface area contributed by atoms with Gasteiger partial charge >= 0.3 is 5.97 Å². The summed E-state index contributed by atoms with van der Waals surface area (Å²) in [7, 11) is 1.47. The number of para-hydroxylation sites is 2. The summed E-state index contributed by atoms with van der Waals surface area (Å²) in [5, 5.41) is 11.2. The van der Waals surface area contributed by atoms with Crippen molar-refractivity contribution in [1.82, 2.24) is 4.90 Å². The van der Waals surface area contributed by atoms with E-state index in [2.05, 4.69) is 5.32 Å². The van der Waals surface area contributed by atoms with E-state index in [1.54, 1.807) is 48.5 Å². The molecule has 0 radical (unpaired) electrons. The molecule has 0 bridgehead atoms. The highest BCUT2D eigenvalue weighted by molar-refractivity contribution is 8.18. The van der Waals surface area contributed by atoms with Crippen molar-refractivity contribution in [1.29, 1.82) is 0 Å². The van der Waals surface area contributed by atoms with Gasteiger partial charge in [-0.25, -0.2) is 4.79 Å². The van der Waals surface area contributed by atoms with Crippen molar-refractivity contribution < 1.29 is 33.4 Å². The van der Waals surface area contributed by atoms with Crippen molar-refractivity contribution in [2.75, 3.05) is 19.0 Å². The molecule has 2 heterocycles. The summed E-state index contributed by atoms with van der Waals surface area (Å²) in [5.74, 6) is -1.06. The number of rotatable bonds is 7. The van der Waals surface area contributed by atoms with Gasteiger partial charge in [-0.1, -0.05) is 24.3 Å². The van der Waals surface area contributed by atoms with Crippen LogP contribution in [-0.2, 0) is 9.59 Å². The molecule has 34 heavy (non-hydrogen) atoms. The number of nitrogens with zero attached hydrogens (tertiary/aromatic N) is 1. The number of carboxylic acid groups (broad SMARTS) is 1. The number of hydrogen-bond acceptors (Lipinski definition) is 7. The number of carbonyl (C=O) groups is 4. The predicted octanol–water partition coefficient (Wildman–Crippen LogP) is 4.33. The van der Waals surface area contributed by atoms with E-state index in [0.717, 1.165) is 4.90 Å². The van der Waals surface area contributed by atoms with Gasteiger partial charge in [-0.2, -0.15) is 0 Å². The number of ether oxygens (including phenoxy) is 1. The zero-order chi connectivity index (χ0) is 24.2. The largest absolute Gasteiger partial charge is 0.495 e. The topological polar surface area (TPSA) is 126 Å². The minimum absolute atomic E-state index is 0.107. The number of carbonyl (C=O) groups excluding carboxylic acids is 3. The third-order valence-corrected chi connectivity index (χ3v) is 5.76. The molecule has 0 aliphatic carbocycles. The molecule has 4 rings (SSSR count). The molecule has 10 heteroatoms. The van der Waals surface area contributed by atoms with Crippen molar-refractivity contribution >= 4 is 46.5 Å². The van der Waals surface area contributed by atoms with E-state index in [-0.39, 0.29) is 10.5 Å². The molecular weight excluding hydrogens is 460 g/mol. The van der Waals surface area contributed by atoms with Crippen molar-refractivity contribution in [2.45, 2.75) is 0 Å². The Morgan fingerprint density at radius 2 is 1.91 bits per heavy atom. The lowest BCUT2D eigenvalue weighted by Crippen LogP contribution is -2.36. The molecule has 1 aliphatic rings. The Bertz CT molecular complexity index is 1330. The first kappa shape index (κ1) is 22.9. The van der Waals surface area contributed by atoms with Crippen LogP contribution in [0.25, 0.3) is 17.4 Å². The third-order valence-electron chi connectivity index (χ3n) is 4.85.